The van der Waals surface area contributed by atoms with Crippen LogP contribution in [-0.4, -0.2) is 68.0 Å². The number of nitrogens with zero attached hydrogens (tertiary/aromatic N) is 2. The normalized spacial score (nSPS) is 17.1. The monoisotopic (exact) mass is 426 g/mol. The molecule has 31 heavy (non-hydrogen) atoms. The number of methoxy groups -OCH3 is 1. The zero-order valence-electron chi connectivity index (χ0n) is 19.1. The third-order valence-corrected chi connectivity index (χ3v) is 6.13. The number of aliphatic hydroxyl groups excluding tert-OH is 1. The number of hydrogen-bond acceptors (Lipinski definition) is 5. The highest BCUT2D eigenvalue weighted by molar-refractivity contribution is 5.33. The summed E-state index contributed by atoms with van der Waals surface area (Å²) < 4.78 is 11.1. The van der Waals surface area contributed by atoms with E-state index < -0.39 is 0 Å². The Morgan fingerprint density at radius 3 is 2.84 bits per heavy atom. The Morgan fingerprint density at radius 2 is 2.03 bits per heavy atom. The fourth-order valence-electron chi connectivity index (χ4n) is 4.46. The molecule has 0 amide bonds. The average molecular weight is 427 g/mol. The summed E-state index contributed by atoms with van der Waals surface area (Å²) in [5.41, 5.74) is 2.54. The van der Waals surface area contributed by atoms with Crippen molar-refractivity contribution in [3.63, 3.8) is 0 Å². The summed E-state index contributed by atoms with van der Waals surface area (Å²) in [5, 5.41) is 9.08. The van der Waals surface area contributed by atoms with E-state index in [1.54, 1.807) is 7.11 Å². The molecule has 1 aliphatic heterocycles. The maximum atomic E-state index is 9.08. The van der Waals surface area contributed by atoms with Crippen LogP contribution in [-0.2, 0) is 13.0 Å². The van der Waals surface area contributed by atoms with E-state index in [0.717, 1.165) is 44.1 Å². The van der Waals surface area contributed by atoms with Crippen LogP contribution in [0.25, 0.3) is 0 Å². The summed E-state index contributed by atoms with van der Waals surface area (Å²) in [7, 11) is 1.73. The molecule has 0 radical (unpaired) electrons. The van der Waals surface area contributed by atoms with Crippen LogP contribution in [0.15, 0.2) is 48.5 Å². The van der Waals surface area contributed by atoms with E-state index in [0.29, 0.717) is 12.5 Å². The van der Waals surface area contributed by atoms with Crippen LogP contribution in [0.3, 0.4) is 0 Å². The highest BCUT2D eigenvalue weighted by Gasteiger charge is 2.22. The molecule has 0 bridgehead atoms. The molecule has 2 aromatic carbocycles. The lowest BCUT2D eigenvalue weighted by molar-refractivity contribution is 0.132. The summed E-state index contributed by atoms with van der Waals surface area (Å²) in [6.45, 7) is 9.11. The predicted octanol–water partition coefficient (Wildman–Crippen LogP) is 3.84. The maximum Gasteiger partial charge on any atom is 0.123 e. The Hall–Kier alpha value is -2.08. The van der Waals surface area contributed by atoms with Gasteiger partial charge in [0, 0.05) is 31.7 Å². The Labute approximate surface area is 187 Å². The van der Waals surface area contributed by atoms with Crippen LogP contribution in [0.4, 0.5) is 0 Å². The number of piperidine rings is 1. The van der Waals surface area contributed by atoms with Crippen LogP contribution >= 0.6 is 0 Å². The van der Waals surface area contributed by atoms with Crippen molar-refractivity contribution in [3.05, 3.63) is 59.7 Å². The van der Waals surface area contributed by atoms with Crippen LogP contribution in [0, 0.1) is 5.92 Å². The quantitative estimate of drug-likeness (QED) is 0.559. The van der Waals surface area contributed by atoms with Gasteiger partial charge in [-0.25, -0.2) is 0 Å². The topological polar surface area (TPSA) is 45.2 Å². The second-order valence-corrected chi connectivity index (χ2v) is 8.42. The van der Waals surface area contributed by atoms with Crippen molar-refractivity contribution in [2.24, 2.45) is 5.92 Å². The molecule has 3 rings (SSSR count). The first kappa shape index (κ1) is 23.6. The van der Waals surface area contributed by atoms with Gasteiger partial charge >= 0.3 is 0 Å². The molecular formula is C26H38N2O3. The molecule has 1 fully saturated rings. The van der Waals surface area contributed by atoms with Gasteiger partial charge in [-0.1, -0.05) is 37.3 Å². The molecule has 5 nitrogen and oxygen atoms in total. The maximum absolute atomic E-state index is 9.08. The van der Waals surface area contributed by atoms with Crippen molar-refractivity contribution in [1.29, 1.82) is 0 Å². The van der Waals surface area contributed by atoms with Gasteiger partial charge in [0.25, 0.3) is 0 Å². The molecule has 170 valence electrons. The van der Waals surface area contributed by atoms with Gasteiger partial charge in [-0.2, -0.15) is 0 Å². The molecule has 5 heteroatoms. The lowest BCUT2D eigenvalue weighted by Crippen LogP contribution is -2.41. The average Bonchev–Trinajstić information content (AvgIpc) is 2.82. The zero-order chi connectivity index (χ0) is 21.9. The van der Waals surface area contributed by atoms with E-state index >= 15 is 0 Å². The third-order valence-electron chi connectivity index (χ3n) is 6.13. The Morgan fingerprint density at radius 1 is 1.16 bits per heavy atom. The fraction of sp³-hybridized carbons (Fsp3) is 0.538. The SMILES string of the molecule is CCN(Cc1ccccc1OCCO)CC1CCCN(CCc2cccc(OC)c2)C1. The fourth-order valence-corrected chi connectivity index (χ4v) is 4.46. The van der Waals surface area contributed by atoms with Crippen molar-refractivity contribution < 1.29 is 14.6 Å². The van der Waals surface area contributed by atoms with Gasteiger partial charge in [0.15, 0.2) is 0 Å². The largest absolute Gasteiger partial charge is 0.497 e. The predicted molar refractivity (Wildman–Crippen MR) is 126 cm³/mol. The molecule has 1 saturated heterocycles. The Bertz CT molecular complexity index is 783. The number of benzene rings is 2. The molecule has 1 aliphatic rings. The lowest BCUT2D eigenvalue weighted by atomic mass is 9.96. The van der Waals surface area contributed by atoms with E-state index in [-0.39, 0.29) is 6.61 Å². The third kappa shape index (κ3) is 7.53. The second kappa shape index (κ2) is 12.7. The first-order chi connectivity index (χ1) is 15.2. The van der Waals surface area contributed by atoms with Crippen molar-refractivity contribution in [1.82, 2.24) is 9.80 Å². The molecule has 0 saturated carbocycles. The second-order valence-electron chi connectivity index (χ2n) is 8.42. The van der Waals surface area contributed by atoms with Gasteiger partial charge < -0.3 is 19.5 Å². The van der Waals surface area contributed by atoms with Crippen LogP contribution in [0.1, 0.15) is 30.9 Å². The van der Waals surface area contributed by atoms with Gasteiger partial charge in [-0.15, -0.1) is 0 Å². The molecule has 1 heterocycles. The highest BCUT2D eigenvalue weighted by atomic mass is 16.5. The van der Waals surface area contributed by atoms with E-state index in [9.17, 15) is 0 Å². The number of likely N-dealkylation sites (tertiary alicyclic amines) is 1. The standard InChI is InChI=1S/C26H38N2O3/c1-3-27(21-24-10-4-5-12-26(24)31-17-16-29)19-23-9-7-14-28(20-23)15-13-22-8-6-11-25(18-22)30-2/h4-6,8,10-12,18,23,29H,3,7,9,13-17,19-21H2,1-2H3. The Kier molecular flexibility index (Phi) is 9.66. The lowest BCUT2D eigenvalue weighted by Gasteiger charge is -2.35. The van der Waals surface area contributed by atoms with Gasteiger partial charge in [-0.05, 0) is 62.0 Å². The van der Waals surface area contributed by atoms with E-state index in [4.69, 9.17) is 14.6 Å². The molecule has 1 atom stereocenters. The summed E-state index contributed by atoms with van der Waals surface area (Å²) in [4.78, 5) is 5.15. The number of rotatable bonds is 12. The molecule has 2 aromatic rings. The number of aliphatic hydroxyl groups is 1. The minimum atomic E-state index is 0.0412. The van der Waals surface area contributed by atoms with E-state index in [2.05, 4.69) is 47.1 Å². The first-order valence-electron chi connectivity index (χ1n) is 11.6. The highest BCUT2D eigenvalue weighted by Crippen LogP contribution is 2.23. The van der Waals surface area contributed by atoms with Crippen molar-refractivity contribution in [3.8, 4) is 11.5 Å². The Balaban J connectivity index is 1.51. The van der Waals surface area contributed by atoms with Gasteiger partial charge in [-0.3, -0.25) is 4.90 Å². The van der Waals surface area contributed by atoms with E-state index in [1.165, 1.54) is 37.1 Å². The summed E-state index contributed by atoms with van der Waals surface area (Å²) >= 11 is 0. The number of ether oxygens (including phenoxy) is 2. The van der Waals surface area contributed by atoms with Crippen LogP contribution in [0.5, 0.6) is 11.5 Å². The van der Waals surface area contributed by atoms with Gasteiger partial charge in [0.2, 0.25) is 0 Å². The zero-order valence-corrected chi connectivity index (χ0v) is 19.1. The van der Waals surface area contributed by atoms with Gasteiger partial charge in [0.05, 0.1) is 13.7 Å². The molecular weight excluding hydrogens is 388 g/mol. The van der Waals surface area contributed by atoms with E-state index in [1.807, 2.05) is 18.2 Å². The molecule has 0 spiro atoms. The summed E-state index contributed by atoms with van der Waals surface area (Å²) in [6, 6.07) is 16.6. The smallest absolute Gasteiger partial charge is 0.123 e. The van der Waals surface area contributed by atoms with Crippen molar-refractivity contribution >= 4 is 0 Å². The van der Waals surface area contributed by atoms with Crippen LogP contribution < -0.4 is 9.47 Å². The minimum Gasteiger partial charge on any atom is -0.497 e. The van der Waals surface area contributed by atoms with Crippen molar-refractivity contribution in [2.45, 2.75) is 32.7 Å². The van der Waals surface area contributed by atoms with Crippen molar-refractivity contribution in [2.75, 3.05) is 53.0 Å². The van der Waals surface area contributed by atoms with Gasteiger partial charge in [0.1, 0.15) is 18.1 Å². The summed E-state index contributed by atoms with van der Waals surface area (Å²) in [6.07, 6.45) is 3.64. The molecule has 1 N–H and O–H groups in total. The minimum absolute atomic E-state index is 0.0412. The number of para-hydroxylation sites is 1. The van der Waals surface area contributed by atoms with Crippen LogP contribution in [0.2, 0.25) is 0 Å². The molecule has 0 aromatic heterocycles. The number of hydrogen-bond donors (Lipinski definition) is 1. The summed E-state index contributed by atoms with van der Waals surface area (Å²) in [5.74, 6) is 2.53. The molecule has 1 unspecified atom stereocenters. The first-order valence-corrected chi connectivity index (χ1v) is 11.6. The molecule has 0 aliphatic carbocycles.